The van der Waals surface area contributed by atoms with E-state index in [2.05, 4.69) is 11.8 Å². The molecule has 0 amide bonds. The number of nitrogens with zero attached hydrogens (tertiary/aromatic N) is 1. The molecule has 0 aliphatic carbocycles. The van der Waals surface area contributed by atoms with Gasteiger partial charge in [-0.3, -0.25) is 14.9 Å². The Labute approximate surface area is 80.7 Å². The second-order valence-corrected chi connectivity index (χ2v) is 2.65. The van der Waals surface area contributed by atoms with Crippen molar-refractivity contribution < 1.29 is 9.72 Å². The van der Waals surface area contributed by atoms with Gasteiger partial charge in [-0.25, -0.2) is 0 Å². The first kappa shape index (κ1) is 9.93. The molecule has 0 saturated heterocycles. The van der Waals surface area contributed by atoms with E-state index in [1.165, 1.54) is 6.07 Å². The van der Waals surface area contributed by atoms with Gasteiger partial charge in [0.05, 0.1) is 4.92 Å². The lowest BCUT2D eigenvalue weighted by Crippen LogP contribution is -1.92. The van der Waals surface area contributed by atoms with Gasteiger partial charge in [-0.15, -0.1) is 0 Å². The molecule has 0 spiro atoms. The van der Waals surface area contributed by atoms with Crippen molar-refractivity contribution >= 4 is 12.0 Å². The summed E-state index contributed by atoms with van der Waals surface area (Å²) in [4.78, 5) is 20.0. The van der Waals surface area contributed by atoms with Crippen molar-refractivity contribution in [1.82, 2.24) is 0 Å². The Morgan fingerprint density at radius 2 is 2.21 bits per heavy atom. The summed E-state index contributed by atoms with van der Waals surface area (Å²) in [5.74, 6) is 4.69. The SMILES string of the molecule is Cc1ccc(C#CC=O)cc1[N+](=O)[O-]. The molecule has 4 nitrogen and oxygen atoms in total. The predicted molar refractivity (Wildman–Crippen MR) is 50.8 cm³/mol. The van der Waals surface area contributed by atoms with Crippen LogP contribution in [0.3, 0.4) is 0 Å². The largest absolute Gasteiger partial charge is 0.289 e. The topological polar surface area (TPSA) is 60.2 Å². The van der Waals surface area contributed by atoms with Crippen molar-refractivity contribution in [2.24, 2.45) is 0 Å². The van der Waals surface area contributed by atoms with E-state index in [1.54, 1.807) is 19.1 Å². The highest BCUT2D eigenvalue weighted by Crippen LogP contribution is 2.18. The quantitative estimate of drug-likeness (QED) is 0.291. The van der Waals surface area contributed by atoms with E-state index in [0.29, 0.717) is 17.4 Å². The van der Waals surface area contributed by atoms with E-state index >= 15 is 0 Å². The average Bonchev–Trinajstić information content (AvgIpc) is 2.16. The zero-order chi connectivity index (χ0) is 10.6. The zero-order valence-corrected chi connectivity index (χ0v) is 7.48. The van der Waals surface area contributed by atoms with Crippen LogP contribution in [0.1, 0.15) is 11.1 Å². The number of hydrogen-bond acceptors (Lipinski definition) is 3. The van der Waals surface area contributed by atoms with Gasteiger partial charge in [-0.2, -0.15) is 0 Å². The Kier molecular flexibility index (Phi) is 2.97. The molecule has 70 valence electrons. The molecule has 0 unspecified atom stereocenters. The van der Waals surface area contributed by atoms with E-state index in [4.69, 9.17) is 0 Å². The molecule has 14 heavy (non-hydrogen) atoms. The first-order valence-electron chi connectivity index (χ1n) is 3.85. The highest BCUT2D eigenvalue weighted by atomic mass is 16.6. The highest BCUT2D eigenvalue weighted by Gasteiger charge is 2.09. The van der Waals surface area contributed by atoms with Crippen LogP contribution in [-0.4, -0.2) is 11.2 Å². The lowest BCUT2D eigenvalue weighted by molar-refractivity contribution is -0.385. The number of nitro benzene ring substituents is 1. The number of carbonyl (C=O) groups excluding carboxylic acids is 1. The average molecular weight is 189 g/mol. The first-order valence-corrected chi connectivity index (χ1v) is 3.85. The molecule has 0 aliphatic rings. The van der Waals surface area contributed by atoms with Gasteiger partial charge in [0.1, 0.15) is 0 Å². The van der Waals surface area contributed by atoms with E-state index in [-0.39, 0.29) is 5.69 Å². The number of carbonyl (C=O) groups is 1. The fourth-order valence-corrected chi connectivity index (χ4v) is 0.997. The van der Waals surface area contributed by atoms with Crippen LogP contribution < -0.4 is 0 Å². The van der Waals surface area contributed by atoms with Gasteiger partial charge in [0.2, 0.25) is 0 Å². The van der Waals surface area contributed by atoms with Gasteiger partial charge in [-0.1, -0.05) is 12.0 Å². The van der Waals surface area contributed by atoms with Gasteiger partial charge in [0, 0.05) is 17.2 Å². The summed E-state index contributed by atoms with van der Waals surface area (Å²) in [7, 11) is 0. The summed E-state index contributed by atoms with van der Waals surface area (Å²) < 4.78 is 0. The molecular weight excluding hydrogens is 182 g/mol. The van der Waals surface area contributed by atoms with Crippen molar-refractivity contribution in [3.8, 4) is 11.8 Å². The first-order chi connectivity index (χ1) is 6.65. The fraction of sp³-hybridized carbons (Fsp3) is 0.100. The van der Waals surface area contributed by atoms with Crippen molar-refractivity contribution in [1.29, 1.82) is 0 Å². The molecule has 0 aromatic heterocycles. The van der Waals surface area contributed by atoms with Gasteiger partial charge in [0.15, 0.2) is 6.29 Å². The monoisotopic (exact) mass is 189 g/mol. The lowest BCUT2D eigenvalue weighted by Gasteiger charge is -1.96. The predicted octanol–water partition coefficient (Wildman–Crippen LogP) is 1.45. The Morgan fingerprint density at radius 3 is 2.79 bits per heavy atom. The van der Waals surface area contributed by atoms with Gasteiger partial charge >= 0.3 is 0 Å². The number of rotatable bonds is 1. The Morgan fingerprint density at radius 1 is 1.50 bits per heavy atom. The highest BCUT2D eigenvalue weighted by molar-refractivity contribution is 5.74. The standard InChI is InChI=1S/C10H7NO3/c1-8-4-5-9(3-2-6-12)7-10(8)11(13)14/h4-7H,1H3. The number of nitro groups is 1. The maximum absolute atomic E-state index is 10.5. The third kappa shape index (κ3) is 2.17. The molecule has 4 heteroatoms. The summed E-state index contributed by atoms with van der Waals surface area (Å²) in [6, 6.07) is 4.59. The molecule has 0 bridgehead atoms. The Bertz CT molecular complexity index is 440. The molecule has 1 rings (SSSR count). The van der Waals surface area contributed by atoms with Crippen molar-refractivity contribution in [2.75, 3.05) is 0 Å². The molecule has 1 aromatic rings. The molecule has 0 heterocycles. The molecule has 1 aromatic carbocycles. The van der Waals surface area contributed by atoms with Gasteiger partial charge in [-0.05, 0) is 18.9 Å². The second-order valence-electron chi connectivity index (χ2n) is 2.65. The second kappa shape index (κ2) is 4.19. The molecule has 0 aliphatic heterocycles. The maximum atomic E-state index is 10.5. The minimum Gasteiger partial charge on any atom is -0.289 e. The fourth-order valence-electron chi connectivity index (χ4n) is 0.997. The van der Waals surface area contributed by atoms with E-state index in [9.17, 15) is 14.9 Å². The number of hydrogen-bond donors (Lipinski definition) is 0. The van der Waals surface area contributed by atoms with Gasteiger partial charge < -0.3 is 0 Å². The van der Waals surface area contributed by atoms with Crippen LogP contribution in [0.15, 0.2) is 18.2 Å². The van der Waals surface area contributed by atoms with Crippen molar-refractivity contribution in [2.45, 2.75) is 6.92 Å². The number of benzene rings is 1. The smallest absolute Gasteiger partial charge is 0.273 e. The van der Waals surface area contributed by atoms with Crippen LogP contribution in [0.4, 0.5) is 5.69 Å². The van der Waals surface area contributed by atoms with Crippen LogP contribution >= 0.6 is 0 Å². The van der Waals surface area contributed by atoms with Gasteiger partial charge in [0.25, 0.3) is 5.69 Å². The summed E-state index contributed by atoms with van der Waals surface area (Å²) in [5, 5.41) is 10.5. The molecular formula is C10H7NO3. The molecule has 0 N–H and O–H groups in total. The minimum absolute atomic E-state index is 0.0164. The summed E-state index contributed by atoms with van der Waals surface area (Å²) >= 11 is 0. The van der Waals surface area contributed by atoms with Crippen LogP contribution in [0.5, 0.6) is 0 Å². The Hall–Kier alpha value is -2.15. The van der Waals surface area contributed by atoms with Crippen LogP contribution in [-0.2, 0) is 4.79 Å². The zero-order valence-electron chi connectivity index (χ0n) is 7.48. The minimum atomic E-state index is -0.471. The number of aldehydes is 1. The number of aryl methyl sites for hydroxylation is 1. The third-order valence-corrected chi connectivity index (χ3v) is 1.68. The third-order valence-electron chi connectivity index (χ3n) is 1.68. The normalized spacial score (nSPS) is 8.64. The van der Waals surface area contributed by atoms with Crippen LogP contribution in [0.25, 0.3) is 0 Å². The summed E-state index contributed by atoms with van der Waals surface area (Å²) in [6.45, 7) is 1.65. The van der Waals surface area contributed by atoms with E-state index < -0.39 is 4.92 Å². The van der Waals surface area contributed by atoms with Crippen LogP contribution in [0, 0.1) is 28.9 Å². The Balaban J connectivity index is 3.19. The molecule has 0 radical (unpaired) electrons. The van der Waals surface area contributed by atoms with Crippen molar-refractivity contribution in [3.63, 3.8) is 0 Å². The molecule has 0 saturated carbocycles. The van der Waals surface area contributed by atoms with E-state index in [1.807, 2.05) is 0 Å². The van der Waals surface area contributed by atoms with Crippen LogP contribution in [0.2, 0.25) is 0 Å². The lowest BCUT2D eigenvalue weighted by atomic mass is 10.1. The summed E-state index contributed by atoms with van der Waals surface area (Å²) in [5.41, 5.74) is 1.06. The summed E-state index contributed by atoms with van der Waals surface area (Å²) in [6.07, 6.45) is 0.450. The maximum Gasteiger partial charge on any atom is 0.273 e. The molecule has 0 atom stereocenters. The molecule has 0 fully saturated rings. The van der Waals surface area contributed by atoms with Crippen molar-refractivity contribution in [3.05, 3.63) is 39.4 Å². The van der Waals surface area contributed by atoms with E-state index in [0.717, 1.165) is 0 Å².